The average Bonchev–Trinajstić information content (AvgIpc) is 2.26. The van der Waals surface area contributed by atoms with E-state index >= 15 is 0 Å². The zero-order valence-electron chi connectivity index (χ0n) is 9.40. The van der Waals surface area contributed by atoms with Crippen molar-refractivity contribution in [3.63, 3.8) is 0 Å². The van der Waals surface area contributed by atoms with Gasteiger partial charge in [-0.15, -0.1) is 0 Å². The second-order valence-electron chi connectivity index (χ2n) is 3.65. The summed E-state index contributed by atoms with van der Waals surface area (Å²) in [5, 5.41) is 3.13. The molecule has 0 spiro atoms. The lowest BCUT2D eigenvalue weighted by molar-refractivity contribution is -0.127. The minimum atomic E-state index is 0.0674. The Balaban J connectivity index is 2.44. The molecule has 0 aliphatic rings. The third kappa shape index (κ3) is 3.67. The highest BCUT2D eigenvalue weighted by atomic mass is 16.2. The minimum Gasteiger partial charge on any atom is -0.348 e. The highest BCUT2D eigenvalue weighted by Crippen LogP contribution is 2.06. The molecule has 0 aliphatic carbocycles. The molecule has 0 saturated heterocycles. The van der Waals surface area contributed by atoms with Crippen molar-refractivity contribution in [3.8, 4) is 0 Å². The van der Waals surface area contributed by atoms with Crippen LogP contribution in [0.25, 0.3) is 0 Å². The molecule has 1 aromatic heterocycles. The molecule has 15 heavy (non-hydrogen) atoms. The Morgan fingerprint density at radius 3 is 2.80 bits per heavy atom. The van der Waals surface area contributed by atoms with Gasteiger partial charge in [0.1, 0.15) is 0 Å². The standard InChI is InChI=1S/C11H17N3O/c1-9(10-6-4-5-7-12-10)13-8-11(15)14(2)3/h4-7,9,13H,8H2,1-3H3/t9-/m1/s1. The molecule has 0 radical (unpaired) electrons. The Morgan fingerprint density at radius 2 is 2.27 bits per heavy atom. The van der Waals surface area contributed by atoms with Crippen LogP contribution in [0.3, 0.4) is 0 Å². The van der Waals surface area contributed by atoms with Gasteiger partial charge in [-0.25, -0.2) is 0 Å². The van der Waals surface area contributed by atoms with Crippen molar-refractivity contribution in [1.29, 1.82) is 0 Å². The first-order valence-electron chi connectivity index (χ1n) is 4.95. The number of nitrogens with zero attached hydrogens (tertiary/aromatic N) is 2. The van der Waals surface area contributed by atoms with Crippen molar-refractivity contribution in [3.05, 3.63) is 30.1 Å². The summed E-state index contributed by atoms with van der Waals surface area (Å²) < 4.78 is 0. The van der Waals surface area contributed by atoms with Crippen LogP contribution in [0.15, 0.2) is 24.4 Å². The lowest BCUT2D eigenvalue weighted by Crippen LogP contribution is -2.34. The van der Waals surface area contributed by atoms with E-state index in [4.69, 9.17) is 0 Å². The Labute approximate surface area is 90.3 Å². The number of nitrogens with one attached hydrogen (secondary N) is 1. The molecular formula is C11H17N3O. The van der Waals surface area contributed by atoms with Gasteiger partial charge in [0, 0.05) is 26.3 Å². The molecule has 0 unspecified atom stereocenters. The summed E-state index contributed by atoms with van der Waals surface area (Å²) in [4.78, 5) is 17.1. The van der Waals surface area contributed by atoms with E-state index in [1.165, 1.54) is 0 Å². The van der Waals surface area contributed by atoms with Crippen LogP contribution < -0.4 is 5.32 Å². The van der Waals surface area contributed by atoms with Gasteiger partial charge in [-0.1, -0.05) is 6.07 Å². The molecule has 1 amide bonds. The van der Waals surface area contributed by atoms with E-state index in [1.807, 2.05) is 25.1 Å². The van der Waals surface area contributed by atoms with Gasteiger partial charge in [0.15, 0.2) is 0 Å². The number of likely N-dealkylation sites (N-methyl/N-ethyl adjacent to an activating group) is 1. The van der Waals surface area contributed by atoms with Gasteiger partial charge in [-0.2, -0.15) is 0 Å². The van der Waals surface area contributed by atoms with Crippen molar-refractivity contribution in [2.75, 3.05) is 20.6 Å². The largest absolute Gasteiger partial charge is 0.348 e. The van der Waals surface area contributed by atoms with Crippen LogP contribution in [0.5, 0.6) is 0 Å². The molecule has 1 rings (SSSR count). The SMILES string of the molecule is C[C@@H](NCC(=O)N(C)C)c1ccccn1. The lowest BCUT2D eigenvalue weighted by atomic mass is 10.2. The third-order valence-electron chi connectivity index (χ3n) is 2.19. The maximum Gasteiger partial charge on any atom is 0.236 e. The Kier molecular flexibility index (Phi) is 4.24. The third-order valence-corrected chi connectivity index (χ3v) is 2.19. The van der Waals surface area contributed by atoms with Crippen LogP contribution in [0.1, 0.15) is 18.7 Å². The number of pyridine rings is 1. The monoisotopic (exact) mass is 207 g/mol. The molecule has 1 aromatic rings. The van der Waals surface area contributed by atoms with E-state index in [1.54, 1.807) is 25.2 Å². The molecule has 1 N–H and O–H groups in total. The Morgan fingerprint density at radius 1 is 1.53 bits per heavy atom. The van der Waals surface area contributed by atoms with Crippen molar-refractivity contribution in [1.82, 2.24) is 15.2 Å². The molecule has 0 bridgehead atoms. The van der Waals surface area contributed by atoms with Crippen LogP contribution in [0, 0.1) is 0 Å². The molecule has 1 heterocycles. The van der Waals surface area contributed by atoms with Gasteiger partial charge in [-0.3, -0.25) is 9.78 Å². The zero-order valence-corrected chi connectivity index (χ0v) is 9.40. The first kappa shape index (κ1) is 11.7. The number of hydrogen-bond acceptors (Lipinski definition) is 3. The van der Waals surface area contributed by atoms with Crippen LogP contribution >= 0.6 is 0 Å². The van der Waals surface area contributed by atoms with Crippen molar-refractivity contribution in [2.45, 2.75) is 13.0 Å². The molecule has 0 fully saturated rings. The summed E-state index contributed by atoms with van der Waals surface area (Å²) in [7, 11) is 3.49. The van der Waals surface area contributed by atoms with E-state index < -0.39 is 0 Å². The van der Waals surface area contributed by atoms with Gasteiger partial charge in [0.05, 0.1) is 12.2 Å². The lowest BCUT2D eigenvalue weighted by Gasteiger charge is -2.15. The maximum absolute atomic E-state index is 11.3. The fourth-order valence-electron chi connectivity index (χ4n) is 1.14. The fourth-order valence-corrected chi connectivity index (χ4v) is 1.14. The summed E-state index contributed by atoms with van der Waals surface area (Å²) in [6.07, 6.45) is 1.75. The molecule has 0 aromatic carbocycles. The number of rotatable bonds is 4. The van der Waals surface area contributed by atoms with Gasteiger partial charge in [0.25, 0.3) is 0 Å². The summed E-state index contributed by atoms with van der Waals surface area (Å²) in [6.45, 7) is 2.33. The predicted molar refractivity (Wildman–Crippen MR) is 59.3 cm³/mol. The van der Waals surface area contributed by atoms with Crippen molar-refractivity contribution >= 4 is 5.91 Å². The first-order valence-corrected chi connectivity index (χ1v) is 4.95. The van der Waals surface area contributed by atoms with Crippen molar-refractivity contribution < 1.29 is 4.79 Å². The summed E-state index contributed by atoms with van der Waals surface area (Å²) >= 11 is 0. The van der Waals surface area contributed by atoms with Gasteiger partial charge in [-0.05, 0) is 19.1 Å². The van der Waals surface area contributed by atoms with Gasteiger partial charge < -0.3 is 10.2 Å². The average molecular weight is 207 g/mol. The van der Waals surface area contributed by atoms with Crippen LogP contribution in [0.4, 0.5) is 0 Å². The van der Waals surface area contributed by atoms with Crippen LogP contribution in [-0.4, -0.2) is 36.4 Å². The Bertz CT molecular complexity index is 311. The van der Waals surface area contributed by atoms with E-state index in [9.17, 15) is 4.79 Å². The van der Waals surface area contributed by atoms with E-state index in [2.05, 4.69) is 10.3 Å². The molecule has 4 heteroatoms. The minimum absolute atomic E-state index is 0.0674. The van der Waals surface area contributed by atoms with Gasteiger partial charge in [0.2, 0.25) is 5.91 Å². The summed E-state index contributed by atoms with van der Waals surface area (Å²) in [5.41, 5.74) is 0.948. The van der Waals surface area contributed by atoms with E-state index in [0.717, 1.165) is 5.69 Å². The molecule has 82 valence electrons. The molecular weight excluding hydrogens is 190 g/mol. The molecule has 0 saturated carbocycles. The van der Waals surface area contributed by atoms with E-state index in [-0.39, 0.29) is 11.9 Å². The second-order valence-corrected chi connectivity index (χ2v) is 3.65. The highest BCUT2D eigenvalue weighted by Gasteiger charge is 2.08. The molecule has 4 nitrogen and oxygen atoms in total. The van der Waals surface area contributed by atoms with Crippen LogP contribution in [-0.2, 0) is 4.79 Å². The summed E-state index contributed by atoms with van der Waals surface area (Å²) in [6, 6.07) is 5.85. The normalized spacial score (nSPS) is 12.2. The topological polar surface area (TPSA) is 45.2 Å². The van der Waals surface area contributed by atoms with Crippen LogP contribution in [0.2, 0.25) is 0 Å². The number of hydrogen-bond donors (Lipinski definition) is 1. The number of carbonyl (C=O) groups is 1. The predicted octanol–water partition coefficient (Wildman–Crippen LogP) is 0.820. The zero-order chi connectivity index (χ0) is 11.3. The smallest absolute Gasteiger partial charge is 0.236 e. The quantitative estimate of drug-likeness (QED) is 0.795. The molecule has 1 atom stereocenters. The number of carbonyl (C=O) groups excluding carboxylic acids is 1. The molecule has 0 aliphatic heterocycles. The van der Waals surface area contributed by atoms with Gasteiger partial charge >= 0.3 is 0 Å². The summed E-state index contributed by atoms with van der Waals surface area (Å²) in [5.74, 6) is 0.0674. The van der Waals surface area contributed by atoms with Crippen molar-refractivity contribution in [2.24, 2.45) is 0 Å². The number of amides is 1. The maximum atomic E-state index is 11.3. The Hall–Kier alpha value is -1.42. The number of aromatic nitrogens is 1. The van der Waals surface area contributed by atoms with E-state index in [0.29, 0.717) is 6.54 Å². The fraction of sp³-hybridized carbons (Fsp3) is 0.455. The second kappa shape index (κ2) is 5.46. The highest BCUT2D eigenvalue weighted by molar-refractivity contribution is 5.77. The first-order chi connectivity index (χ1) is 7.11.